The molecule has 1 atom stereocenters. The summed E-state index contributed by atoms with van der Waals surface area (Å²) >= 11 is 0. The van der Waals surface area contributed by atoms with E-state index in [4.69, 9.17) is 0 Å². The van der Waals surface area contributed by atoms with Crippen molar-refractivity contribution in [1.29, 1.82) is 0 Å². The Balaban J connectivity index is 1.56. The Morgan fingerprint density at radius 3 is 2.65 bits per heavy atom. The van der Waals surface area contributed by atoms with Crippen LogP contribution in [0.15, 0.2) is 48.8 Å². The molecule has 3 rings (SSSR count). The van der Waals surface area contributed by atoms with Gasteiger partial charge in [0.25, 0.3) is 5.91 Å². The summed E-state index contributed by atoms with van der Waals surface area (Å²) < 4.78 is 0. The second kappa shape index (κ2) is 8.84. The van der Waals surface area contributed by atoms with Gasteiger partial charge in [-0.3, -0.25) is 9.78 Å². The van der Waals surface area contributed by atoms with Crippen LogP contribution in [-0.2, 0) is 6.42 Å². The molecule has 4 heteroatoms. The summed E-state index contributed by atoms with van der Waals surface area (Å²) in [6.07, 6.45) is 7.75. The molecule has 0 radical (unpaired) electrons. The minimum absolute atomic E-state index is 0.100. The molecule has 1 saturated heterocycles. The largest absolute Gasteiger partial charge is 0.381 e. The monoisotopic (exact) mass is 351 g/mol. The SMILES string of the molecule is CCC(C)Nc1cncc(C(=O)N2CCC(Cc3ccccc3)CC2)c1. The lowest BCUT2D eigenvalue weighted by molar-refractivity contribution is 0.0690. The molecular weight excluding hydrogens is 322 g/mol. The molecule has 26 heavy (non-hydrogen) atoms. The number of aromatic nitrogens is 1. The number of likely N-dealkylation sites (tertiary alicyclic amines) is 1. The van der Waals surface area contributed by atoms with Gasteiger partial charge in [0.1, 0.15) is 0 Å². The first-order chi connectivity index (χ1) is 12.7. The molecule has 1 unspecified atom stereocenters. The minimum Gasteiger partial charge on any atom is -0.381 e. The lowest BCUT2D eigenvalue weighted by Gasteiger charge is -2.32. The molecule has 1 amide bonds. The molecule has 138 valence electrons. The Labute approximate surface area is 156 Å². The number of nitrogens with zero attached hydrogens (tertiary/aromatic N) is 2. The van der Waals surface area contributed by atoms with Crippen LogP contribution in [0, 0.1) is 5.92 Å². The molecule has 2 aromatic rings. The average Bonchev–Trinajstić information content (AvgIpc) is 2.69. The van der Waals surface area contributed by atoms with Gasteiger partial charge < -0.3 is 10.2 Å². The summed E-state index contributed by atoms with van der Waals surface area (Å²) in [6.45, 7) is 5.93. The first-order valence-corrected chi connectivity index (χ1v) is 9.70. The smallest absolute Gasteiger partial charge is 0.255 e. The number of rotatable bonds is 6. The molecule has 2 heterocycles. The third-order valence-corrected chi connectivity index (χ3v) is 5.28. The third kappa shape index (κ3) is 4.84. The fourth-order valence-electron chi connectivity index (χ4n) is 3.49. The van der Waals surface area contributed by atoms with Crippen molar-refractivity contribution in [2.45, 2.75) is 45.6 Å². The van der Waals surface area contributed by atoms with Crippen molar-refractivity contribution in [3.63, 3.8) is 0 Å². The topological polar surface area (TPSA) is 45.2 Å². The van der Waals surface area contributed by atoms with Gasteiger partial charge in [0.15, 0.2) is 0 Å². The van der Waals surface area contributed by atoms with Gasteiger partial charge in [-0.05, 0) is 50.2 Å². The Morgan fingerprint density at radius 2 is 1.96 bits per heavy atom. The molecule has 1 N–H and O–H groups in total. The third-order valence-electron chi connectivity index (χ3n) is 5.28. The van der Waals surface area contributed by atoms with Gasteiger partial charge >= 0.3 is 0 Å². The number of amides is 1. The van der Waals surface area contributed by atoms with E-state index in [2.05, 4.69) is 54.5 Å². The summed E-state index contributed by atoms with van der Waals surface area (Å²) in [5.41, 5.74) is 2.99. The first-order valence-electron chi connectivity index (χ1n) is 9.70. The number of hydrogen-bond acceptors (Lipinski definition) is 3. The van der Waals surface area contributed by atoms with Crippen molar-refractivity contribution in [2.24, 2.45) is 5.92 Å². The predicted octanol–water partition coefficient (Wildman–Crippen LogP) is 4.39. The van der Waals surface area contributed by atoms with Crippen LogP contribution in [0.2, 0.25) is 0 Å². The lowest BCUT2D eigenvalue weighted by atomic mass is 9.90. The van der Waals surface area contributed by atoms with E-state index in [9.17, 15) is 4.79 Å². The zero-order valence-electron chi connectivity index (χ0n) is 15.8. The first kappa shape index (κ1) is 18.4. The van der Waals surface area contributed by atoms with Crippen molar-refractivity contribution in [1.82, 2.24) is 9.88 Å². The maximum Gasteiger partial charge on any atom is 0.255 e. The standard InChI is InChI=1S/C22H29N3O/c1-3-17(2)24-21-14-20(15-23-16-21)22(26)25-11-9-19(10-12-25)13-18-7-5-4-6-8-18/h4-8,14-17,19,24H,3,9-13H2,1-2H3. The van der Waals surface area contributed by atoms with Gasteiger partial charge in [-0.25, -0.2) is 0 Å². The summed E-state index contributed by atoms with van der Waals surface area (Å²) in [5, 5.41) is 3.39. The van der Waals surface area contributed by atoms with Crippen LogP contribution in [0.4, 0.5) is 5.69 Å². The number of anilines is 1. The van der Waals surface area contributed by atoms with E-state index in [0.717, 1.165) is 44.5 Å². The molecule has 1 aliphatic heterocycles. The maximum absolute atomic E-state index is 12.8. The number of carbonyl (C=O) groups excluding carboxylic acids is 1. The van der Waals surface area contributed by atoms with Crippen LogP contribution in [0.1, 0.15) is 49.0 Å². The Hall–Kier alpha value is -2.36. The number of piperidine rings is 1. The van der Waals surface area contributed by atoms with Crippen LogP contribution in [0.3, 0.4) is 0 Å². The number of nitrogens with one attached hydrogen (secondary N) is 1. The van der Waals surface area contributed by atoms with Gasteiger partial charge in [0.2, 0.25) is 0 Å². The van der Waals surface area contributed by atoms with E-state index in [1.807, 2.05) is 11.0 Å². The predicted molar refractivity (Wildman–Crippen MR) is 106 cm³/mol. The summed E-state index contributed by atoms with van der Waals surface area (Å²) in [5.74, 6) is 0.765. The van der Waals surface area contributed by atoms with Crippen LogP contribution in [0.5, 0.6) is 0 Å². The number of carbonyl (C=O) groups is 1. The van der Waals surface area contributed by atoms with Crippen molar-refractivity contribution < 1.29 is 4.79 Å². The average molecular weight is 351 g/mol. The van der Waals surface area contributed by atoms with Gasteiger partial charge in [-0.2, -0.15) is 0 Å². The fraction of sp³-hybridized carbons (Fsp3) is 0.455. The molecule has 1 aliphatic rings. The zero-order valence-corrected chi connectivity index (χ0v) is 15.8. The lowest BCUT2D eigenvalue weighted by Crippen LogP contribution is -2.39. The van der Waals surface area contributed by atoms with Crippen molar-refractivity contribution in [3.8, 4) is 0 Å². The van der Waals surface area contributed by atoms with Crippen LogP contribution >= 0.6 is 0 Å². The highest BCUT2D eigenvalue weighted by Crippen LogP contribution is 2.23. The minimum atomic E-state index is 0.100. The van der Waals surface area contributed by atoms with E-state index in [-0.39, 0.29) is 5.91 Å². The van der Waals surface area contributed by atoms with E-state index in [1.165, 1.54) is 5.56 Å². The van der Waals surface area contributed by atoms with E-state index in [0.29, 0.717) is 17.5 Å². The Bertz CT molecular complexity index is 708. The van der Waals surface area contributed by atoms with Gasteiger partial charge in [-0.15, -0.1) is 0 Å². The van der Waals surface area contributed by atoms with Gasteiger partial charge in [-0.1, -0.05) is 37.3 Å². The maximum atomic E-state index is 12.8. The van der Waals surface area contributed by atoms with E-state index < -0.39 is 0 Å². The molecule has 0 spiro atoms. The van der Waals surface area contributed by atoms with Crippen molar-refractivity contribution in [2.75, 3.05) is 18.4 Å². The highest BCUT2D eigenvalue weighted by Gasteiger charge is 2.24. The van der Waals surface area contributed by atoms with Crippen molar-refractivity contribution >= 4 is 11.6 Å². The normalized spacial score (nSPS) is 16.3. The summed E-state index contributed by atoms with van der Waals surface area (Å²) in [4.78, 5) is 19.1. The second-order valence-electron chi connectivity index (χ2n) is 7.34. The van der Waals surface area contributed by atoms with Crippen LogP contribution in [-0.4, -0.2) is 34.9 Å². The molecule has 1 aromatic carbocycles. The summed E-state index contributed by atoms with van der Waals surface area (Å²) in [6, 6.07) is 12.9. The Kier molecular flexibility index (Phi) is 6.26. The number of pyridine rings is 1. The summed E-state index contributed by atoms with van der Waals surface area (Å²) in [7, 11) is 0. The molecule has 1 fully saturated rings. The molecular formula is C22H29N3O. The second-order valence-corrected chi connectivity index (χ2v) is 7.34. The number of hydrogen-bond donors (Lipinski definition) is 1. The van der Waals surface area contributed by atoms with Crippen molar-refractivity contribution in [3.05, 3.63) is 59.9 Å². The quantitative estimate of drug-likeness (QED) is 0.840. The molecule has 0 aliphatic carbocycles. The molecule has 0 bridgehead atoms. The van der Waals surface area contributed by atoms with E-state index >= 15 is 0 Å². The zero-order chi connectivity index (χ0) is 18.4. The molecule has 1 aromatic heterocycles. The van der Waals surface area contributed by atoms with Gasteiger partial charge in [0.05, 0.1) is 11.3 Å². The fourth-order valence-corrected chi connectivity index (χ4v) is 3.49. The Morgan fingerprint density at radius 1 is 1.23 bits per heavy atom. The van der Waals surface area contributed by atoms with E-state index in [1.54, 1.807) is 12.4 Å². The highest BCUT2D eigenvalue weighted by atomic mass is 16.2. The number of benzene rings is 1. The van der Waals surface area contributed by atoms with Crippen LogP contribution < -0.4 is 5.32 Å². The molecule has 4 nitrogen and oxygen atoms in total. The van der Waals surface area contributed by atoms with Crippen LogP contribution in [0.25, 0.3) is 0 Å². The highest BCUT2D eigenvalue weighted by molar-refractivity contribution is 5.94. The molecule has 0 saturated carbocycles. The van der Waals surface area contributed by atoms with Gasteiger partial charge in [0, 0.05) is 31.5 Å².